The van der Waals surface area contributed by atoms with Gasteiger partial charge >= 0.3 is 6.18 Å². The Kier molecular flexibility index (Phi) is 7.42. The van der Waals surface area contributed by atoms with Crippen molar-refractivity contribution in [3.8, 4) is 5.75 Å². The molecular formula is C22H25F3OS. The molecule has 0 atom stereocenters. The monoisotopic (exact) mass is 394 g/mol. The Bertz CT molecular complexity index is 797. The van der Waals surface area contributed by atoms with Crippen molar-refractivity contribution in [2.24, 2.45) is 0 Å². The zero-order chi connectivity index (χ0) is 20.0. The Hall–Kier alpha value is -1.88. The van der Waals surface area contributed by atoms with Crippen molar-refractivity contribution in [2.75, 3.05) is 0 Å². The van der Waals surface area contributed by atoms with Gasteiger partial charge < -0.3 is 4.74 Å². The normalized spacial score (nSPS) is 11.5. The number of alkyl halides is 3. The van der Waals surface area contributed by atoms with E-state index in [4.69, 9.17) is 17.0 Å². The third-order valence-electron chi connectivity index (χ3n) is 4.67. The standard InChI is InChI=1S/C22H25F3OS/c1-4-16-9-12-21(15(3)13-16)26-14-19-17(10-11-18(27)5-2)7-6-8-20(19)22(23,24)25/h6-9,12-13H,4-5,10-11,14H2,1-3H3. The fourth-order valence-corrected chi connectivity index (χ4v) is 3.10. The van der Waals surface area contributed by atoms with Crippen LogP contribution in [0.15, 0.2) is 36.4 Å². The minimum atomic E-state index is -4.42. The number of thiocarbonyl (C=S) groups is 1. The second kappa shape index (κ2) is 9.36. The lowest BCUT2D eigenvalue weighted by Gasteiger charge is -2.18. The number of aryl methyl sites for hydroxylation is 3. The first-order valence-corrected chi connectivity index (χ1v) is 9.59. The van der Waals surface area contributed by atoms with E-state index >= 15 is 0 Å². The molecule has 0 bridgehead atoms. The number of benzene rings is 2. The lowest BCUT2D eigenvalue weighted by atomic mass is 9.96. The van der Waals surface area contributed by atoms with Crippen LogP contribution in [0.25, 0.3) is 0 Å². The van der Waals surface area contributed by atoms with E-state index < -0.39 is 11.7 Å². The number of hydrogen-bond acceptors (Lipinski definition) is 2. The molecule has 0 radical (unpaired) electrons. The van der Waals surface area contributed by atoms with Crippen LogP contribution in [0, 0.1) is 6.92 Å². The van der Waals surface area contributed by atoms with Gasteiger partial charge in [-0.2, -0.15) is 13.2 Å². The molecule has 27 heavy (non-hydrogen) atoms. The van der Waals surface area contributed by atoms with Gasteiger partial charge in [-0.15, -0.1) is 0 Å². The largest absolute Gasteiger partial charge is 0.489 e. The maximum atomic E-state index is 13.5. The molecule has 0 aliphatic carbocycles. The number of ether oxygens (including phenoxy) is 1. The molecule has 0 spiro atoms. The quantitative estimate of drug-likeness (QED) is 0.452. The smallest absolute Gasteiger partial charge is 0.416 e. The van der Waals surface area contributed by atoms with Gasteiger partial charge in [-0.3, -0.25) is 0 Å². The lowest BCUT2D eigenvalue weighted by molar-refractivity contribution is -0.138. The molecule has 0 saturated heterocycles. The molecule has 0 aliphatic rings. The number of halogens is 3. The van der Waals surface area contributed by atoms with Crippen molar-refractivity contribution in [2.45, 2.75) is 59.2 Å². The molecule has 0 unspecified atom stereocenters. The molecule has 2 aromatic rings. The van der Waals surface area contributed by atoms with E-state index in [1.807, 2.05) is 32.0 Å². The molecule has 0 aliphatic heterocycles. The second-order valence-electron chi connectivity index (χ2n) is 6.58. The van der Waals surface area contributed by atoms with Gasteiger partial charge in [0.2, 0.25) is 0 Å². The maximum Gasteiger partial charge on any atom is 0.416 e. The summed E-state index contributed by atoms with van der Waals surface area (Å²) in [5.74, 6) is 0.610. The zero-order valence-corrected chi connectivity index (χ0v) is 16.8. The van der Waals surface area contributed by atoms with E-state index in [0.29, 0.717) is 24.2 Å². The molecule has 1 nitrogen and oxygen atoms in total. The van der Waals surface area contributed by atoms with Crippen molar-refractivity contribution < 1.29 is 17.9 Å². The van der Waals surface area contributed by atoms with Crippen molar-refractivity contribution in [3.63, 3.8) is 0 Å². The van der Waals surface area contributed by atoms with Crippen LogP contribution in [0.4, 0.5) is 13.2 Å². The summed E-state index contributed by atoms with van der Waals surface area (Å²) in [6, 6.07) is 10.1. The van der Waals surface area contributed by atoms with E-state index in [1.54, 1.807) is 6.07 Å². The van der Waals surface area contributed by atoms with Gasteiger partial charge in [0.15, 0.2) is 0 Å². The Morgan fingerprint density at radius 2 is 1.85 bits per heavy atom. The summed E-state index contributed by atoms with van der Waals surface area (Å²) in [6.07, 6.45) is -1.67. The first kappa shape index (κ1) is 21.4. The molecule has 0 N–H and O–H groups in total. The van der Waals surface area contributed by atoms with E-state index in [0.717, 1.165) is 29.3 Å². The molecule has 0 fully saturated rings. The summed E-state index contributed by atoms with van der Waals surface area (Å²) in [5.41, 5.74) is 2.30. The first-order chi connectivity index (χ1) is 12.8. The van der Waals surface area contributed by atoms with Crippen LogP contribution in [-0.2, 0) is 25.6 Å². The van der Waals surface area contributed by atoms with Crippen molar-refractivity contribution >= 4 is 17.1 Å². The van der Waals surface area contributed by atoms with E-state index in [-0.39, 0.29) is 12.2 Å². The van der Waals surface area contributed by atoms with Crippen molar-refractivity contribution in [1.82, 2.24) is 0 Å². The molecule has 146 valence electrons. The third-order valence-corrected chi connectivity index (χ3v) is 5.16. The predicted molar refractivity (Wildman–Crippen MR) is 108 cm³/mol. The van der Waals surface area contributed by atoms with Gasteiger partial charge in [0.25, 0.3) is 0 Å². The molecule has 0 saturated carbocycles. The van der Waals surface area contributed by atoms with Crippen LogP contribution < -0.4 is 4.74 Å². The topological polar surface area (TPSA) is 9.23 Å². The summed E-state index contributed by atoms with van der Waals surface area (Å²) in [7, 11) is 0. The summed E-state index contributed by atoms with van der Waals surface area (Å²) >= 11 is 5.23. The SMILES string of the molecule is CCC(=S)CCc1cccc(C(F)(F)F)c1COc1ccc(CC)cc1C. The Morgan fingerprint density at radius 3 is 2.44 bits per heavy atom. The summed E-state index contributed by atoms with van der Waals surface area (Å²) in [6.45, 7) is 5.81. The van der Waals surface area contributed by atoms with E-state index in [1.165, 1.54) is 11.6 Å². The maximum absolute atomic E-state index is 13.5. The average Bonchev–Trinajstić information content (AvgIpc) is 2.64. The van der Waals surface area contributed by atoms with Gasteiger partial charge in [0.1, 0.15) is 12.4 Å². The van der Waals surface area contributed by atoms with E-state index in [2.05, 4.69) is 6.92 Å². The average molecular weight is 395 g/mol. The summed E-state index contributed by atoms with van der Waals surface area (Å²) < 4.78 is 46.3. The number of rotatable bonds is 8. The molecule has 0 aromatic heterocycles. The highest BCUT2D eigenvalue weighted by atomic mass is 32.1. The molecule has 0 heterocycles. The third kappa shape index (κ3) is 5.80. The zero-order valence-electron chi connectivity index (χ0n) is 16.0. The fourth-order valence-electron chi connectivity index (χ4n) is 3.00. The van der Waals surface area contributed by atoms with Gasteiger partial charge in [-0.25, -0.2) is 0 Å². The Balaban J connectivity index is 2.30. The fraction of sp³-hybridized carbons (Fsp3) is 0.409. The minimum Gasteiger partial charge on any atom is -0.489 e. The Morgan fingerprint density at radius 1 is 1.11 bits per heavy atom. The predicted octanol–water partition coefficient (Wildman–Crippen LogP) is 6.87. The highest BCUT2D eigenvalue weighted by Crippen LogP contribution is 2.34. The van der Waals surface area contributed by atoms with Crippen molar-refractivity contribution in [3.05, 3.63) is 64.2 Å². The van der Waals surface area contributed by atoms with Gasteiger partial charge in [-0.05, 0) is 66.3 Å². The lowest BCUT2D eigenvalue weighted by Crippen LogP contribution is -2.14. The number of hydrogen-bond donors (Lipinski definition) is 0. The highest BCUT2D eigenvalue weighted by molar-refractivity contribution is 7.80. The van der Waals surface area contributed by atoms with Crippen LogP contribution in [0.5, 0.6) is 5.75 Å². The van der Waals surface area contributed by atoms with Gasteiger partial charge in [0.05, 0.1) is 5.56 Å². The van der Waals surface area contributed by atoms with Crippen LogP contribution in [0.3, 0.4) is 0 Å². The second-order valence-corrected chi connectivity index (χ2v) is 7.15. The molecule has 2 rings (SSSR count). The Labute approximate surface area is 164 Å². The van der Waals surface area contributed by atoms with Crippen LogP contribution in [0.2, 0.25) is 0 Å². The summed E-state index contributed by atoms with van der Waals surface area (Å²) in [5, 5.41) is 0. The summed E-state index contributed by atoms with van der Waals surface area (Å²) in [4.78, 5) is 0.866. The van der Waals surface area contributed by atoms with Crippen molar-refractivity contribution in [1.29, 1.82) is 0 Å². The molecule has 5 heteroatoms. The first-order valence-electron chi connectivity index (χ1n) is 9.18. The molecule has 2 aromatic carbocycles. The van der Waals surface area contributed by atoms with E-state index in [9.17, 15) is 13.2 Å². The minimum absolute atomic E-state index is 0.115. The van der Waals surface area contributed by atoms with Gasteiger partial charge in [-0.1, -0.05) is 50.3 Å². The van der Waals surface area contributed by atoms with Crippen LogP contribution in [-0.4, -0.2) is 4.86 Å². The van der Waals surface area contributed by atoms with Crippen LogP contribution >= 0.6 is 12.2 Å². The molecular weight excluding hydrogens is 369 g/mol. The van der Waals surface area contributed by atoms with Gasteiger partial charge in [0, 0.05) is 5.56 Å². The van der Waals surface area contributed by atoms with Crippen LogP contribution in [0.1, 0.15) is 54.5 Å². The highest BCUT2D eigenvalue weighted by Gasteiger charge is 2.34. The molecule has 0 amide bonds.